The third kappa shape index (κ3) is 3.45. The third-order valence-electron chi connectivity index (χ3n) is 7.83. The maximum atomic E-state index is 6.17. The lowest BCUT2D eigenvalue weighted by Gasteiger charge is -2.34. The minimum atomic E-state index is -0.391. The van der Waals surface area contributed by atoms with Crippen molar-refractivity contribution < 1.29 is 0 Å². The normalized spacial score (nSPS) is 13.1. The molecule has 0 fully saturated rings. The molecule has 0 spiro atoms. The van der Waals surface area contributed by atoms with E-state index in [1.165, 1.54) is 50.1 Å². The lowest BCUT2D eigenvalue weighted by molar-refractivity contribution is 0.768. The van der Waals surface area contributed by atoms with Crippen molar-refractivity contribution in [1.82, 2.24) is 0 Å². The smallest absolute Gasteiger partial charge is 0.0713 e. The van der Waals surface area contributed by atoms with E-state index in [2.05, 4.69) is 140 Å². The van der Waals surface area contributed by atoms with Gasteiger partial charge >= 0.3 is 0 Å². The summed E-state index contributed by atoms with van der Waals surface area (Å²) in [4.78, 5) is 0. The lowest BCUT2D eigenvalue weighted by atomic mass is 9.67. The molecule has 0 saturated carbocycles. The van der Waals surface area contributed by atoms with Gasteiger partial charge in [0.05, 0.1) is 5.41 Å². The highest BCUT2D eigenvalue weighted by Crippen LogP contribution is 2.58. The number of benzene rings is 6. The number of hydrogen-bond donors (Lipinski definition) is 0. The number of rotatable bonds is 4. The van der Waals surface area contributed by atoms with Crippen molar-refractivity contribution >= 4 is 11.6 Å². The Kier molecular flexibility index (Phi) is 5.50. The molecule has 38 heavy (non-hydrogen) atoms. The molecule has 7 rings (SSSR count). The molecule has 0 bridgehead atoms. The van der Waals surface area contributed by atoms with Crippen molar-refractivity contribution in [2.45, 2.75) is 5.41 Å². The van der Waals surface area contributed by atoms with Gasteiger partial charge in [0.1, 0.15) is 0 Å². The van der Waals surface area contributed by atoms with E-state index in [0.29, 0.717) is 0 Å². The third-order valence-corrected chi connectivity index (χ3v) is 8.09. The van der Waals surface area contributed by atoms with Gasteiger partial charge in [0, 0.05) is 5.02 Å². The summed E-state index contributed by atoms with van der Waals surface area (Å²) >= 11 is 6.17. The first-order valence-electron chi connectivity index (χ1n) is 13.0. The van der Waals surface area contributed by atoms with Crippen LogP contribution in [0.25, 0.3) is 33.4 Å². The molecular weight excluding hydrogens is 480 g/mol. The molecule has 6 aromatic rings. The molecule has 1 aliphatic rings. The SMILES string of the molecule is Clc1ccc(-c2cccc(-c3cccc4c3-c3ccccc3C4(c3ccccc3)c3ccccc3)c2)cc1. The summed E-state index contributed by atoms with van der Waals surface area (Å²) in [5, 5.41) is 0.751. The Morgan fingerprint density at radius 2 is 0.947 bits per heavy atom. The predicted octanol–water partition coefficient (Wildman–Crippen LogP) is 10.0. The largest absolute Gasteiger partial charge is 0.0843 e. The number of fused-ring (bicyclic) bond motifs is 3. The number of halogens is 1. The van der Waals surface area contributed by atoms with Gasteiger partial charge in [0.15, 0.2) is 0 Å². The lowest BCUT2D eigenvalue weighted by Crippen LogP contribution is -2.28. The van der Waals surface area contributed by atoms with Crippen LogP contribution in [0.1, 0.15) is 22.3 Å². The van der Waals surface area contributed by atoms with E-state index < -0.39 is 5.41 Å². The van der Waals surface area contributed by atoms with Crippen LogP contribution >= 0.6 is 11.6 Å². The molecule has 180 valence electrons. The van der Waals surface area contributed by atoms with Crippen LogP contribution in [0, 0.1) is 0 Å². The van der Waals surface area contributed by atoms with E-state index in [4.69, 9.17) is 11.6 Å². The summed E-state index contributed by atoms with van der Waals surface area (Å²) in [6.07, 6.45) is 0. The zero-order valence-electron chi connectivity index (χ0n) is 20.8. The highest BCUT2D eigenvalue weighted by atomic mass is 35.5. The summed E-state index contributed by atoms with van der Waals surface area (Å²) in [6, 6.07) is 54.6. The Labute approximate surface area is 228 Å². The van der Waals surface area contributed by atoms with Gasteiger partial charge in [-0.3, -0.25) is 0 Å². The molecule has 0 atom stereocenters. The summed E-state index contributed by atoms with van der Waals surface area (Å²) in [7, 11) is 0. The molecule has 0 aromatic heterocycles. The molecule has 1 heteroatoms. The van der Waals surface area contributed by atoms with Gasteiger partial charge in [-0.15, -0.1) is 0 Å². The first-order valence-corrected chi connectivity index (χ1v) is 13.4. The van der Waals surface area contributed by atoms with Crippen molar-refractivity contribution in [1.29, 1.82) is 0 Å². The fourth-order valence-corrected chi connectivity index (χ4v) is 6.37. The van der Waals surface area contributed by atoms with Gasteiger partial charge in [-0.05, 0) is 73.8 Å². The highest BCUT2D eigenvalue weighted by Gasteiger charge is 2.46. The van der Waals surface area contributed by atoms with Crippen LogP contribution < -0.4 is 0 Å². The quantitative estimate of drug-likeness (QED) is 0.223. The molecule has 0 heterocycles. The highest BCUT2D eigenvalue weighted by molar-refractivity contribution is 6.30. The maximum absolute atomic E-state index is 6.17. The van der Waals surface area contributed by atoms with Crippen molar-refractivity contribution in [2.24, 2.45) is 0 Å². The topological polar surface area (TPSA) is 0 Å². The van der Waals surface area contributed by atoms with Crippen molar-refractivity contribution in [3.05, 3.63) is 179 Å². The molecule has 0 N–H and O–H groups in total. The van der Waals surface area contributed by atoms with Crippen LogP contribution in [-0.2, 0) is 5.41 Å². The van der Waals surface area contributed by atoms with Crippen LogP contribution in [0.4, 0.5) is 0 Å². The Morgan fingerprint density at radius 1 is 0.395 bits per heavy atom. The van der Waals surface area contributed by atoms with Crippen LogP contribution in [0.15, 0.2) is 152 Å². The van der Waals surface area contributed by atoms with Crippen molar-refractivity contribution in [3.63, 3.8) is 0 Å². The zero-order valence-corrected chi connectivity index (χ0v) is 21.6. The fraction of sp³-hybridized carbons (Fsp3) is 0.0270. The second-order valence-corrected chi connectivity index (χ2v) is 10.3. The Morgan fingerprint density at radius 3 is 1.66 bits per heavy atom. The molecule has 0 saturated heterocycles. The summed E-state index contributed by atoms with van der Waals surface area (Å²) in [6.45, 7) is 0. The van der Waals surface area contributed by atoms with Crippen LogP contribution in [0.3, 0.4) is 0 Å². The van der Waals surface area contributed by atoms with Gasteiger partial charge in [-0.1, -0.05) is 145 Å². The fourth-order valence-electron chi connectivity index (χ4n) is 6.24. The second-order valence-electron chi connectivity index (χ2n) is 9.84. The van der Waals surface area contributed by atoms with Gasteiger partial charge < -0.3 is 0 Å². The molecule has 1 aliphatic carbocycles. The number of hydrogen-bond acceptors (Lipinski definition) is 0. The van der Waals surface area contributed by atoms with E-state index in [9.17, 15) is 0 Å². The first kappa shape index (κ1) is 22.8. The zero-order chi connectivity index (χ0) is 25.5. The van der Waals surface area contributed by atoms with Crippen LogP contribution in [0.5, 0.6) is 0 Å². The van der Waals surface area contributed by atoms with Gasteiger partial charge in [0.25, 0.3) is 0 Å². The standard InChI is InChI=1S/C37H25Cl/c38-31-23-21-26(22-24-31)27-11-9-12-28(25-27)32-18-10-20-35-36(32)33-17-7-8-19-34(33)37(35,29-13-3-1-4-14-29)30-15-5-2-6-16-30/h1-25H. The molecule has 0 radical (unpaired) electrons. The Bertz CT molecular complexity index is 1710. The Hall–Kier alpha value is -4.39. The van der Waals surface area contributed by atoms with Gasteiger partial charge in [0.2, 0.25) is 0 Å². The van der Waals surface area contributed by atoms with Crippen LogP contribution in [0.2, 0.25) is 5.02 Å². The average molecular weight is 505 g/mol. The first-order chi connectivity index (χ1) is 18.8. The summed E-state index contributed by atoms with van der Waals surface area (Å²) in [5.41, 5.74) is 12.2. The minimum absolute atomic E-state index is 0.391. The molecule has 0 nitrogen and oxygen atoms in total. The van der Waals surface area contributed by atoms with Crippen molar-refractivity contribution in [3.8, 4) is 33.4 Å². The van der Waals surface area contributed by atoms with Gasteiger partial charge in [-0.2, -0.15) is 0 Å². The predicted molar refractivity (Wildman–Crippen MR) is 160 cm³/mol. The monoisotopic (exact) mass is 504 g/mol. The second kappa shape index (κ2) is 9.17. The van der Waals surface area contributed by atoms with E-state index in [-0.39, 0.29) is 0 Å². The Balaban J connectivity index is 1.53. The van der Waals surface area contributed by atoms with E-state index in [0.717, 1.165) is 10.6 Å². The van der Waals surface area contributed by atoms with E-state index in [1.54, 1.807) is 0 Å². The molecular formula is C37H25Cl. The molecule has 6 aromatic carbocycles. The van der Waals surface area contributed by atoms with Gasteiger partial charge in [-0.25, -0.2) is 0 Å². The molecule has 0 aliphatic heterocycles. The van der Waals surface area contributed by atoms with E-state index in [1.807, 2.05) is 12.1 Å². The summed E-state index contributed by atoms with van der Waals surface area (Å²) < 4.78 is 0. The molecule has 0 unspecified atom stereocenters. The maximum Gasteiger partial charge on any atom is 0.0713 e. The van der Waals surface area contributed by atoms with E-state index >= 15 is 0 Å². The average Bonchev–Trinajstić information content (AvgIpc) is 3.30. The molecule has 0 amide bonds. The minimum Gasteiger partial charge on any atom is -0.0843 e. The van der Waals surface area contributed by atoms with Crippen molar-refractivity contribution in [2.75, 3.05) is 0 Å². The summed E-state index contributed by atoms with van der Waals surface area (Å²) in [5.74, 6) is 0. The van der Waals surface area contributed by atoms with Crippen LogP contribution in [-0.4, -0.2) is 0 Å².